The van der Waals surface area contributed by atoms with E-state index >= 15 is 0 Å². The van der Waals surface area contributed by atoms with Gasteiger partial charge in [0, 0.05) is 10.7 Å². The van der Waals surface area contributed by atoms with E-state index in [1.54, 1.807) is 0 Å². The van der Waals surface area contributed by atoms with E-state index in [-0.39, 0.29) is 21.8 Å². The molecule has 2 aromatic carbocycles. The summed E-state index contributed by atoms with van der Waals surface area (Å²) in [6.07, 6.45) is -4.58. The average Bonchev–Trinajstić information content (AvgIpc) is 2.26. The zero-order chi connectivity index (χ0) is 14.2. The molecule has 0 atom stereocenters. The summed E-state index contributed by atoms with van der Waals surface area (Å²) < 4.78 is 52.0. The van der Waals surface area contributed by atoms with E-state index < -0.39 is 17.6 Å². The maximum Gasteiger partial charge on any atom is 0.417 e. The summed E-state index contributed by atoms with van der Waals surface area (Å²) in [4.78, 5) is 0. The molecule has 100 valence electrons. The van der Waals surface area contributed by atoms with E-state index in [1.165, 1.54) is 18.2 Å². The van der Waals surface area contributed by atoms with Gasteiger partial charge in [-0.15, -0.1) is 0 Å². The van der Waals surface area contributed by atoms with Crippen LogP contribution in [0, 0.1) is 5.82 Å². The van der Waals surface area contributed by atoms with Crippen LogP contribution in [0.5, 0.6) is 0 Å². The highest BCUT2D eigenvalue weighted by Crippen LogP contribution is 2.39. The molecule has 2 N–H and O–H groups in total. The first-order chi connectivity index (χ1) is 8.77. The van der Waals surface area contributed by atoms with Crippen LogP contribution in [-0.4, -0.2) is 0 Å². The molecule has 0 spiro atoms. The molecule has 0 radical (unpaired) electrons. The predicted molar refractivity (Wildman–Crippen MR) is 66.3 cm³/mol. The first kappa shape index (κ1) is 13.7. The second kappa shape index (κ2) is 4.74. The Labute approximate surface area is 111 Å². The van der Waals surface area contributed by atoms with Crippen molar-refractivity contribution in [1.29, 1.82) is 0 Å². The van der Waals surface area contributed by atoms with Crippen LogP contribution in [0.25, 0.3) is 11.1 Å². The molecular weight excluding hydrogens is 282 g/mol. The van der Waals surface area contributed by atoms with Crippen molar-refractivity contribution >= 4 is 17.3 Å². The Morgan fingerprint density at radius 2 is 1.68 bits per heavy atom. The van der Waals surface area contributed by atoms with Crippen molar-refractivity contribution in [3.05, 3.63) is 52.8 Å². The molecule has 0 aliphatic rings. The van der Waals surface area contributed by atoms with E-state index in [0.29, 0.717) is 0 Å². The first-order valence-electron chi connectivity index (χ1n) is 5.20. The van der Waals surface area contributed by atoms with Crippen molar-refractivity contribution < 1.29 is 17.6 Å². The topological polar surface area (TPSA) is 26.0 Å². The molecule has 2 aromatic rings. The molecule has 0 aromatic heterocycles. The Morgan fingerprint density at radius 3 is 2.26 bits per heavy atom. The number of hydrogen-bond acceptors (Lipinski definition) is 1. The smallest absolute Gasteiger partial charge is 0.399 e. The Hall–Kier alpha value is -1.75. The number of halogens is 5. The van der Waals surface area contributed by atoms with Crippen molar-refractivity contribution in [2.45, 2.75) is 6.18 Å². The lowest BCUT2D eigenvalue weighted by Crippen LogP contribution is -2.07. The maximum absolute atomic E-state index is 13.2. The molecule has 0 saturated carbocycles. The number of anilines is 1. The predicted octanol–water partition coefficient (Wildman–Crippen LogP) is 4.75. The minimum atomic E-state index is -4.58. The summed E-state index contributed by atoms with van der Waals surface area (Å²) in [7, 11) is 0. The van der Waals surface area contributed by atoms with Gasteiger partial charge in [0.1, 0.15) is 5.82 Å². The van der Waals surface area contributed by atoms with E-state index in [0.717, 1.165) is 18.2 Å². The van der Waals surface area contributed by atoms with Gasteiger partial charge in [0.05, 0.1) is 5.56 Å². The van der Waals surface area contributed by atoms with Gasteiger partial charge in [-0.1, -0.05) is 17.7 Å². The van der Waals surface area contributed by atoms with Gasteiger partial charge < -0.3 is 5.73 Å². The van der Waals surface area contributed by atoms with Crippen LogP contribution in [-0.2, 0) is 6.18 Å². The molecule has 0 unspecified atom stereocenters. The van der Waals surface area contributed by atoms with Gasteiger partial charge in [0.25, 0.3) is 0 Å². The van der Waals surface area contributed by atoms with Gasteiger partial charge >= 0.3 is 6.18 Å². The summed E-state index contributed by atoms with van der Waals surface area (Å²) in [6, 6.07) is 6.62. The number of benzene rings is 2. The van der Waals surface area contributed by atoms with Crippen LogP contribution in [0.3, 0.4) is 0 Å². The molecule has 6 heteroatoms. The minimum absolute atomic E-state index is 0.0412. The van der Waals surface area contributed by atoms with E-state index in [4.69, 9.17) is 17.3 Å². The quantitative estimate of drug-likeness (QED) is 0.595. The van der Waals surface area contributed by atoms with Gasteiger partial charge in [-0.3, -0.25) is 0 Å². The highest BCUT2D eigenvalue weighted by Gasteiger charge is 2.34. The zero-order valence-corrected chi connectivity index (χ0v) is 10.2. The van der Waals surface area contributed by atoms with Crippen LogP contribution in [0.2, 0.25) is 5.02 Å². The van der Waals surface area contributed by atoms with Crippen LogP contribution in [0.1, 0.15) is 5.56 Å². The summed E-state index contributed by atoms with van der Waals surface area (Å²) in [5, 5.41) is -0.0412. The third kappa shape index (κ3) is 2.98. The first-order valence-corrected chi connectivity index (χ1v) is 5.58. The average molecular weight is 290 g/mol. The van der Waals surface area contributed by atoms with E-state index in [2.05, 4.69) is 0 Å². The van der Waals surface area contributed by atoms with Crippen LogP contribution >= 0.6 is 11.6 Å². The van der Waals surface area contributed by atoms with E-state index in [1.807, 2.05) is 0 Å². The highest BCUT2D eigenvalue weighted by molar-refractivity contribution is 6.30. The number of hydrogen-bond donors (Lipinski definition) is 1. The SMILES string of the molecule is Nc1cc(F)cc(-c2ccc(Cl)cc2C(F)(F)F)c1. The van der Waals surface area contributed by atoms with Crippen LogP contribution in [0.15, 0.2) is 36.4 Å². The van der Waals surface area contributed by atoms with Crippen LogP contribution in [0.4, 0.5) is 23.2 Å². The highest BCUT2D eigenvalue weighted by atomic mass is 35.5. The lowest BCUT2D eigenvalue weighted by atomic mass is 9.99. The minimum Gasteiger partial charge on any atom is -0.399 e. The molecule has 0 aliphatic heterocycles. The number of alkyl halides is 3. The van der Waals surface area contributed by atoms with Crippen molar-refractivity contribution in [1.82, 2.24) is 0 Å². The third-order valence-electron chi connectivity index (χ3n) is 2.52. The summed E-state index contributed by atoms with van der Waals surface area (Å²) >= 11 is 5.57. The van der Waals surface area contributed by atoms with Gasteiger partial charge in [-0.05, 0) is 41.5 Å². The molecule has 2 rings (SSSR count). The molecule has 19 heavy (non-hydrogen) atoms. The summed E-state index contributed by atoms with van der Waals surface area (Å²) in [5.74, 6) is -0.696. The van der Waals surface area contributed by atoms with Crippen molar-refractivity contribution in [3.63, 3.8) is 0 Å². The Bertz CT molecular complexity index is 602. The fourth-order valence-corrected chi connectivity index (χ4v) is 1.94. The van der Waals surface area contributed by atoms with Gasteiger partial charge in [0.2, 0.25) is 0 Å². The standard InChI is InChI=1S/C13H8ClF4N/c14-8-1-2-11(12(5-8)13(16,17)18)7-3-9(15)6-10(19)4-7/h1-6H,19H2. The van der Waals surface area contributed by atoms with Crippen LogP contribution < -0.4 is 5.73 Å². The van der Waals surface area contributed by atoms with Gasteiger partial charge in [-0.25, -0.2) is 4.39 Å². The largest absolute Gasteiger partial charge is 0.417 e. The zero-order valence-electron chi connectivity index (χ0n) is 9.43. The lowest BCUT2D eigenvalue weighted by Gasteiger charge is -2.14. The molecule has 0 fully saturated rings. The van der Waals surface area contributed by atoms with Gasteiger partial charge in [0.15, 0.2) is 0 Å². The molecule has 0 heterocycles. The molecule has 0 aliphatic carbocycles. The normalized spacial score (nSPS) is 11.6. The number of rotatable bonds is 1. The molecule has 0 saturated heterocycles. The molecule has 1 nitrogen and oxygen atoms in total. The summed E-state index contributed by atoms with van der Waals surface area (Å²) in [5.41, 5.74) is 4.46. The fraction of sp³-hybridized carbons (Fsp3) is 0.0769. The Morgan fingerprint density at radius 1 is 1.00 bits per heavy atom. The molecular formula is C13H8ClF4N. The number of nitrogen functional groups attached to an aromatic ring is 1. The Kier molecular flexibility index (Phi) is 3.41. The second-order valence-corrected chi connectivity index (χ2v) is 4.40. The molecule has 0 bridgehead atoms. The lowest BCUT2D eigenvalue weighted by molar-refractivity contribution is -0.137. The monoisotopic (exact) mass is 289 g/mol. The van der Waals surface area contributed by atoms with Crippen molar-refractivity contribution in [3.8, 4) is 11.1 Å². The van der Waals surface area contributed by atoms with Crippen molar-refractivity contribution in [2.24, 2.45) is 0 Å². The number of nitrogens with two attached hydrogens (primary N) is 1. The maximum atomic E-state index is 13.2. The Balaban J connectivity index is 2.68. The fourth-order valence-electron chi connectivity index (χ4n) is 1.77. The molecule has 0 amide bonds. The summed E-state index contributed by atoms with van der Waals surface area (Å²) in [6.45, 7) is 0. The van der Waals surface area contributed by atoms with Crippen molar-refractivity contribution in [2.75, 3.05) is 5.73 Å². The second-order valence-electron chi connectivity index (χ2n) is 3.96. The van der Waals surface area contributed by atoms with E-state index in [9.17, 15) is 17.6 Å². The third-order valence-corrected chi connectivity index (χ3v) is 2.75. The van der Waals surface area contributed by atoms with Gasteiger partial charge in [-0.2, -0.15) is 13.2 Å².